The summed E-state index contributed by atoms with van der Waals surface area (Å²) < 4.78 is 5.25. The maximum Gasteiger partial charge on any atom is 0.303 e. The Balaban J connectivity index is 2.19. The molecule has 0 bridgehead atoms. The molecule has 1 atom stereocenters. The van der Waals surface area contributed by atoms with Crippen LogP contribution in [0.1, 0.15) is 40.4 Å². The summed E-state index contributed by atoms with van der Waals surface area (Å²) in [4.78, 5) is 23.4. The van der Waals surface area contributed by atoms with Gasteiger partial charge in [-0.25, -0.2) is 0 Å². The number of carboxylic acid groups (broad SMARTS) is 1. The molecule has 2 aromatic rings. The SMILES string of the molecule is COc1cc(C(=O)NC(CCC(=O)O)c2ccccc2)ccc1C. The molecule has 2 rings (SSSR count). The van der Waals surface area contributed by atoms with Crippen molar-refractivity contribution in [2.75, 3.05) is 7.11 Å². The van der Waals surface area contributed by atoms with Gasteiger partial charge in [-0.05, 0) is 36.6 Å². The van der Waals surface area contributed by atoms with E-state index in [1.165, 1.54) is 0 Å². The van der Waals surface area contributed by atoms with Crippen molar-refractivity contribution in [3.8, 4) is 5.75 Å². The van der Waals surface area contributed by atoms with Crippen LogP contribution in [0.25, 0.3) is 0 Å². The minimum Gasteiger partial charge on any atom is -0.496 e. The van der Waals surface area contributed by atoms with E-state index in [0.717, 1.165) is 11.1 Å². The number of aryl methyl sites for hydroxylation is 1. The molecule has 0 aliphatic carbocycles. The lowest BCUT2D eigenvalue weighted by molar-refractivity contribution is -0.137. The molecular weight excluding hydrogens is 306 g/mol. The second-order valence-electron chi connectivity index (χ2n) is 5.55. The van der Waals surface area contributed by atoms with E-state index in [1.54, 1.807) is 19.2 Å². The first-order valence-corrected chi connectivity index (χ1v) is 7.73. The number of aliphatic carboxylic acids is 1. The maximum atomic E-state index is 12.5. The third kappa shape index (κ3) is 4.59. The summed E-state index contributed by atoms with van der Waals surface area (Å²) >= 11 is 0. The van der Waals surface area contributed by atoms with Crippen LogP contribution in [-0.4, -0.2) is 24.1 Å². The molecule has 0 radical (unpaired) electrons. The summed E-state index contributed by atoms with van der Waals surface area (Å²) in [6.07, 6.45) is 0.311. The van der Waals surface area contributed by atoms with Crippen LogP contribution in [0.15, 0.2) is 48.5 Å². The van der Waals surface area contributed by atoms with Gasteiger partial charge in [-0.2, -0.15) is 0 Å². The molecule has 24 heavy (non-hydrogen) atoms. The monoisotopic (exact) mass is 327 g/mol. The zero-order chi connectivity index (χ0) is 17.5. The third-order valence-corrected chi connectivity index (χ3v) is 3.82. The highest BCUT2D eigenvalue weighted by Crippen LogP contribution is 2.22. The van der Waals surface area contributed by atoms with Crippen molar-refractivity contribution in [1.29, 1.82) is 0 Å². The lowest BCUT2D eigenvalue weighted by Crippen LogP contribution is -2.29. The van der Waals surface area contributed by atoms with Gasteiger partial charge in [0.05, 0.1) is 13.2 Å². The average Bonchev–Trinajstić information content (AvgIpc) is 2.59. The van der Waals surface area contributed by atoms with Crippen molar-refractivity contribution >= 4 is 11.9 Å². The van der Waals surface area contributed by atoms with Crippen LogP contribution in [-0.2, 0) is 4.79 Å². The van der Waals surface area contributed by atoms with Gasteiger partial charge in [0.25, 0.3) is 5.91 Å². The second kappa shape index (κ2) is 8.15. The second-order valence-corrected chi connectivity index (χ2v) is 5.55. The van der Waals surface area contributed by atoms with Crippen LogP contribution >= 0.6 is 0 Å². The van der Waals surface area contributed by atoms with Crippen molar-refractivity contribution in [3.05, 3.63) is 65.2 Å². The van der Waals surface area contributed by atoms with Gasteiger partial charge in [-0.15, -0.1) is 0 Å². The van der Waals surface area contributed by atoms with Gasteiger partial charge in [0.15, 0.2) is 0 Å². The molecule has 0 aliphatic heterocycles. The van der Waals surface area contributed by atoms with Crippen LogP contribution in [0.4, 0.5) is 0 Å². The Bertz CT molecular complexity index is 713. The van der Waals surface area contributed by atoms with Gasteiger partial charge < -0.3 is 15.2 Å². The molecule has 1 amide bonds. The quantitative estimate of drug-likeness (QED) is 0.818. The predicted molar refractivity (Wildman–Crippen MR) is 91.3 cm³/mol. The van der Waals surface area contributed by atoms with Crippen molar-refractivity contribution in [1.82, 2.24) is 5.32 Å². The van der Waals surface area contributed by atoms with Gasteiger partial charge in [0, 0.05) is 12.0 Å². The van der Waals surface area contributed by atoms with E-state index in [1.807, 2.05) is 43.3 Å². The topological polar surface area (TPSA) is 75.6 Å². The summed E-state index contributed by atoms with van der Waals surface area (Å²) in [5.74, 6) is -0.501. The fourth-order valence-electron chi connectivity index (χ4n) is 2.48. The number of carboxylic acids is 1. The van der Waals surface area contributed by atoms with Gasteiger partial charge >= 0.3 is 5.97 Å². The third-order valence-electron chi connectivity index (χ3n) is 3.82. The molecule has 0 aromatic heterocycles. The smallest absolute Gasteiger partial charge is 0.303 e. The first-order valence-electron chi connectivity index (χ1n) is 7.73. The largest absolute Gasteiger partial charge is 0.496 e. The van der Waals surface area contributed by atoms with Gasteiger partial charge in [0.1, 0.15) is 5.75 Å². The van der Waals surface area contributed by atoms with Crippen LogP contribution in [0, 0.1) is 6.92 Å². The van der Waals surface area contributed by atoms with Gasteiger partial charge in [-0.1, -0.05) is 36.4 Å². The summed E-state index contributed by atoms with van der Waals surface area (Å²) in [6.45, 7) is 1.90. The predicted octanol–water partition coefficient (Wildman–Crippen LogP) is 3.34. The van der Waals surface area contributed by atoms with E-state index in [9.17, 15) is 9.59 Å². The summed E-state index contributed by atoms with van der Waals surface area (Å²) in [5.41, 5.74) is 2.31. The molecule has 2 aromatic carbocycles. The summed E-state index contributed by atoms with van der Waals surface area (Å²) in [7, 11) is 1.56. The Kier molecular flexibility index (Phi) is 5.95. The zero-order valence-corrected chi connectivity index (χ0v) is 13.8. The van der Waals surface area contributed by atoms with Crippen LogP contribution in [0.5, 0.6) is 5.75 Å². The molecule has 0 aliphatic rings. The molecule has 5 nitrogen and oxygen atoms in total. The Hall–Kier alpha value is -2.82. The molecule has 5 heteroatoms. The minimum absolute atomic E-state index is 0.0168. The van der Waals surface area contributed by atoms with Crippen LogP contribution < -0.4 is 10.1 Å². The fourth-order valence-corrected chi connectivity index (χ4v) is 2.48. The molecule has 0 heterocycles. The molecule has 1 unspecified atom stereocenters. The highest BCUT2D eigenvalue weighted by atomic mass is 16.5. The number of carbonyl (C=O) groups is 2. The fraction of sp³-hybridized carbons (Fsp3) is 0.263. The number of ether oxygens (including phenoxy) is 1. The van der Waals surface area contributed by atoms with E-state index in [0.29, 0.717) is 17.7 Å². The van der Waals surface area contributed by atoms with Gasteiger partial charge in [-0.3, -0.25) is 9.59 Å². The first kappa shape index (κ1) is 17.5. The summed E-state index contributed by atoms with van der Waals surface area (Å²) in [5, 5.41) is 11.8. The normalized spacial score (nSPS) is 11.6. The molecule has 0 saturated heterocycles. The molecule has 126 valence electrons. The number of benzene rings is 2. The molecule has 0 spiro atoms. The lowest BCUT2D eigenvalue weighted by Gasteiger charge is -2.19. The Morgan fingerprint density at radius 1 is 1.17 bits per heavy atom. The number of amides is 1. The zero-order valence-electron chi connectivity index (χ0n) is 13.8. The van der Waals surface area contributed by atoms with Crippen molar-refractivity contribution in [3.63, 3.8) is 0 Å². The van der Waals surface area contributed by atoms with Crippen LogP contribution in [0.3, 0.4) is 0 Å². The first-order chi connectivity index (χ1) is 11.5. The standard InChI is InChI=1S/C19H21NO4/c1-13-8-9-15(12-17(13)24-2)19(23)20-16(10-11-18(21)22)14-6-4-3-5-7-14/h3-9,12,16H,10-11H2,1-2H3,(H,20,23)(H,21,22). The number of rotatable bonds is 7. The van der Waals surface area contributed by atoms with E-state index < -0.39 is 5.97 Å². The molecular formula is C19H21NO4. The Labute approximate surface area is 141 Å². The van der Waals surface area contributed by atoms with Gasteiger partial charge in [0.2, 0.25) is 0 Å². The maximum absolute atomic E-state index is 12.5. The van der Waals surface area contributed by atoms with E-state index in [2.05, 4.69) is 5.32 Å². The van der Waals surface area contributed by atoms with Crippen molar-refractivity contribution in [2.45, 2.75) is 25.8 Å². The van der Waals surface area contributed by atoms with Crippen molar-refractivity contribution < 1.29 is 19.4 Å². The Morgan fingerprint density at radius 2 is 1.88 bits per heavy atom. The van der Waals surface area contributed by atoms with E-state index in [4.69, 9.17) is 9.84 Å². The Morgan fingerprint density at radius 3 is 2.50 bits per heavy atom. The van der Waals surface area contributed by atoms with E-state index in [-0.39, 0.29) is 18.4 Å². The summed E-state index contributed by atoms with van der Waals surface area (Å²) in [6, 6.07) is 14.2. The highest BCUT2D eigenvalue weighted by molar-refractivity contribution is 5.95. The van der Waals surface area contributed by atoms with Crippen LogP contribution in [0.2, 0.25) is 0 Å². The number of carbonyl (C=O) groups excluding carboxylic acids is 1. The molecule has 2 N–H and O–H groups in total. The lowest BCUT2D eigenvalue weighted by atomic mass is 10.0. The average molecular weight is 327 g/mol. The van der Waals surface area contributed by atoms with E-state index >= 15 is 0 Å². The minimum atomic E-state index is -0.887. The number of methoxy groups -OCH3 is 1. The van der Waals surface area contributed by atoms with Crippen molar-refractivity contribution in [2.24, 2.45) is 0 Å². The molecule has 0 fully saturated rings. The molecule has 0 saturated carbocycles. The number of nitrogens with one attached hydrogen (secondary N) is 1. The number of hydrogen-bond donors (Lipinski definition) is 2. The highest BCUT2D eigenvalue weighted by Gasteiger charge is 2.17. The number of hydrogen-bond acceptors (Lipinski definition) is 3.